The first-order chi connectivity index (χ1) is 14.2. The Morgan fingerprint density at radius 1 is 1.03 bits per heavy atom. The van der Waals surface area contributed by atoms with Crippen molar-refractivity contribution in [3.8, 4) is 11.5 Å². The molecule has 1 saturated heterocycles. The Bertz CT molecular complexity index is 809. The fourth-order valence-corrected chi connectivity index (χ4v) is 3.33. The molecule has 5 nitrogen and oxygen atoms in total. The molecule has 0 unspecified atom stereocenters. The van der Waals surface area contributed by atoms with E-state index in [1.807, 2.05) is 48.5 Å². The maximum Gasteiger partial charge on any atom is 0.185 e. The number of hydrogen-bond acceptors (Lipinski definition) is 5. The zero-order chi connectivity index (χ0) is 20.5. The molecule has 0 spiro atoms. The Labute approximate surface area is 173 Å². The molecule has 0 aliphatic carbocycles. The van der Waals surface area contributed by atoms with Gasteiger partial charge in [-0.3, -0.25) is 4.79 Å². The summed E-state index contributed by atoms with van der Waals surface area (Å²) in [7, 11) is 3.79. The normalized spacial score (nSPS) is 15.5. The second-order valence-electron chi connectivity index (χ2n) is 7.31. The van der Waals surface area contributed by atoms with Crippen LogP contribution in [0.3, 0.4) is 0 Å². The van der Waals surface area contributed by atoms with Crippen molar-refractivity contribution in [2.24, 2.45) is 0 Å². The molecule has 154 valence electrons. The fourth-order valence-electron chi connectivity index (χ4n) is 3.33. The number of ketones is 1. The quantitative estimate of drug-likeness (QED) is 0.369. The van der Waals surface area contributed by atoms with Crippen LogP contribution in [0.25, 0.3) is 6.08 Å². The first-order valence-electron chi connectivity index (χ1n) is 10.1. The third kappa shape index (κ3) is 6.44. The van der Waals surface area contributed by atoms with E-state index in [1.54, 1.807) is 19.3 Å². The van der Waals surface area contributed by atoms with Crippen LogP contribution in [0.1, 0.15) is 22.3 Å². The van der Waals surface area contributed by atoms with Crippen molar-refractivity contribution < 1.29 is 14.3 Å². The number of benzene rings is 2. The van der Waals surface area contributed by atoms with Crippen LogP contribution >= 0.6 is 0 Å². The van der Waals surface area contributed by atoms with E-state index in [0.717, 1.165) is 56.2 Å². The van der Waals surface area contributed by atoms with Crippen molar-refractivity contribution in [3.05, 3.63) is 65.7 Å². The van der Waals surface area contributed by atoms with E-state index in [9.17, 15) is 4.79 Å². The molecular weight excluding hydrogens is 364 g/mol. The lowest BCUT2D eigenvalue weighted by Crippen LogP contribution is -2.44. The molecule has 1 aliphatic rings. The van der Waals surface area contributed by atoms with Crippen LogP contribution in [0.4, 0.5) is 0 Å². The van der Waals surface area contributed by atoms with Gasteiger partial charge in [-0.15, -0.1) is 0 Å². The van der Waals surface area contributed by atoms with Crippen LogP contribution in [0.2, 0.25) is 0 Å². The summed E-state index contributed by atoms with van der Waals surface area (Å²) in [4.78, 5) is 17.3. The van der Waals surface area contributed by atoms with E-state index >= 15 is 0 Å². The highest BCUT2D eigenvalue weighted by Crippen LogP contribution is 2.19. The summed E-state index contributed by atoms with van der Waals surface area (Å²) in [5.41, 5.74) is 1.52. The molecule has 0 atom stereocenters. The van der Waals surface area contributed by atoms with Crippen LogP contribution in [-0.4, -0.2) is 69.1 Å². The number of nitrogens with zero attached hydrogens (tertiary/aromatic N) is 2. The summed E-state index contributed by atoms with van der Waals surface area (Å²) in [5, 5.41) is 0. The molecule has 1 aliphatic heterocycles. The standard InChI is InChI=1S/C24H30N2O3/c1-25-15-17-26(18-16-25)14-5-19-29-22-11-8-20(9-12-22)23(27)13-10-21-6-3-4-7-24(21)28-2/h3-4,6-13H,5,14-19H2,1-2H3/b13-10+. The van der Waals surface area contributed by atoms with Gasteiger partial charge in [-0.2, -0.15) is 0 Å². The summed E-state index contributed by atoms with van der Waals surface area (Å²) < 4.78 is 11.1. The molecule has 0 bridgehead atoms. The monoisotopic (exact) mass is 394 g/mol. The smallest absolute Gasteiger partial charge is 0.185 e. The number of likely N-dealkylation sites (N-methyl/N-ethyl adjacent to an activating group) is 1. The Morgan fingerprint density at radius 3 is 2.48 bits per heavy atom. The molecule has 0 amide bonds. The van der Waals surface area contributed by atoms with Crippen molar-refractivity contribution in [1.82, 2.24) is 9.80 Å². The highest BCUT2D eigenvalue weighted by Gasteiger charge is 2.12. The number of hydrogen-bond donors (Lipinski definition) is 0. The number of carbonyl (C=O) groups is 1. The van der Waals surface area contributed by atoms with Crippen molar-refractivity contribution in [3.63, 3.8) is 0 Å². The van der Waals surface area contributed by atoms with Crippen molar-refractivity contribution >= 4 is 11.9 Å². The van der Waals surface area contributed by atoms with E-state index in [0.29, 0.717) is 12.2 Å². The highest BCUT2D eigenvalue weighted by atomic mass is 16.5. The molecule has 0 radical (unpaired) electrons. The topological polar surface area (TPSA) is 42.0 Å². The number of carbonyl (C=O) groups excluding carboxylic acids is 1. The minimum atomic E-state index is -0.0440. The number of rotatable bonds is 9. The van der Waals surface area contributed by atoms with Gasteiger partial charge in [-0.25, -0.2) is 0 Å². The molecule has 2 aromatic carbocycles. The lowest BCUT2D eigenvalue weighted by atomic mass is 10.1. The molecular formula is C24H30N2O3. The summed E-state index contributed by atoms with van der Waals surface area (Å²) in [6.07, 6.45) is 4.36. The van der Waals surface area contributed by atoms with Crippen LogP contribution in [0.5, 0.6) is 11.5 Å². The van der Waals surface area contributed by atoms with Gasteiger partial charge in [-0.1, -0.05) is 18.2 Å². The molecule has 1 heterocycles. The Morgan fingerprint density at radius 2 is 1.76 bits per heavy atom. The largest absolute Gasteiger partial charge is 0.496 e. The molecule has 0 saturated carbocycles. The van der Waals surface area contributed by atoms with Gasteiger partial charge >= 0.3 is 0 Å². The van der Waals surface area contributed by atoms with Gasteiger partial charge in [0.1, 0.15) is 11.5 Å². The summed E-state index contributed by atoms with van der Waals surface area (Å²) >= 11 is 0. The number of piperazine rings is 1. The van der Waals surface area contributed by atoms with E-state index in [-0.39, 0.29) is 5.78 Å². The lowest BCUT2D eigenvalue weighted by Gasteiger charge is -2.32. The van der Waals surface area contributed by atoms with Crippen LogP contribution in [0, 0.1) is 0 Å². The van der Waals surface area contributed by atoms with Crippen molar-refractivity contribution in [1.29, 1.82) is 0 Å². The van der Waals surface area contributed by atoms with Crippen LogP contribution < -0.4 is 9.47 Å². The SMILES string of the molecule is COc1ccccc1/C=C/C(=O)c1ccc(OCCCN2CCN(C)CC2)cc1. The molecule has 5 heteroatoms. The second-order valence-corrected chi connectivity index (χ2v) is 7.31. The predicted molar refractivity (Wildman–Crippen MR) is 117 cm³/mol. The molecule has 3 rings (SSSR count). The van der Waals surface area contributed by atoms with Crippen molar-refractivity contribution in [2.45, 2.75) is 6.42 Å². The zero-order valence-electron chi connectivity index (χ0n) is 17.3. The Hall–Kier alpha value is -2.63. The van der Waals surface area contributed by atoms with Gasteiger partial charge < -0.3 is 19.3 Å². The van der Waals surface area contributed by atoms with Gasteiger partial charge in [-0.05, 0) is 56.0 Å². The average molecular weight is 395 g/mol. The zero-order valence-corrected chi connectivity index (χ0v) is 17.3. The third-order valence-corrected chi connectivity index (χ3v) is 5.18. The van der Waals surface area contributed by atoms with E-state index in [2.05, 4.69) is 16.8 Å². The minimum absolute atomic E-state index is 0.0440. The van der Waals surface area contributed by atoms with Gasteiger partial charge in [0.15, 0.2) is 5.78 Å². The fraction of sp³-hybridized carbons (Fsp3) is 0.375. The first-order valence-corrected chi connectivity index (χ1v) is 10.1. The molecule has 29 heavy (non-hydrogen) atoms. The average Bonchev–Trinajstić information content (AvgIpc) is 2.77. The van der Waals surface area contributed by atoms with Crippen LogP contribution in [-0.2, 0) is 0 Å². The number of allylic oxidation sites excluding steroid dienone is 1. The lowest BCUT2D eigenvalue weighted by molar-refractivity contribution is 0.104. The number of methoxy groups -OCH3 is 1. The molecule has 0 N–H and O–H groups in total. The minimum Gasteiger partial charge on any atom is -0.496 e. The molecule has 0 aromatic heterocycles. The Kier molecular flexibility index (Phi) is 7.85. The predicted octanol–water partition coefficient (Wildman–Crippen LogP) is 3.61. The highest BCUT2D eigenvalue weighted by molar-refractivity contribution is 6.07. The summed E-state index contributed by atoms with van der Waals surface area (Å²) in [6, 6.07) is 15.0. The van der Waals surface area contributed by atoms with Crippen molar-refractivity contribution in [2.75, 3.05) is 53.5 Å². The van der Waals surface area contributed by atoms with Crippen LogP contribution in [0.15, 0.2) is 54.6 Å². The Balaban J connectivity index is 1.44. The maximum atomic E-state index is 12.4. The number of ether oxygens (including phenoxy) is 2. The van der Waals surface area contributed by atoms with Gasteiger partial charge in [0.2, 0.25) is 0 Å². The van der Waals surface area contributed by atoms with Gasteiger partial charge in [0, 0.05) is 43.9 Å². The van der Waals surface area contributed by atoms with E-state index in [4.69, 9.17) is 9.47 Å². The summed E-state index contributed by atoms with van der Waals surface area (Å²) in [5.74, 6) is 1.50. The maximum absolute atomic E-state index is 12.4. The molecule has 1 fully saturated rings. The summed E-state index contributed by atoms with van der Waals surface area (Å²) in [6.45, 7) is 6.31. The number of para-hydroxylation sites is 1. The third-order valence-electron chi connectivity index (χ3n) is 5.18. The second kappa shape index (κ2) is 10.8. The van der Waals surface area contributed by atoms with Gasteiger partial charge in [0.05, 0.1) is 13.7 Å². The first kappa shape index (κ1) is 21.1. The van der Waals surface area contributed by atoms with Gasteiger partial charge in [0.25, 0.3) is 0 Å². The molecule has 2 aromatic rings. The van der Waals surface area contributed by atoms with E-state index < -0.39 is 0 Å². The van der Waals surface area contributed by atoms with E-state index in [1.165, 1.54) is 0 Å².